The van der Waals surface area contributed by atoms with Crippen LogP contribution in [0.15, 0.2) is 41.3 Å². The Morgan fingerprint density at radius 2 is 1.78 bits per heavy atom. The van der Waals surface area contributed by atoms with Gasteiger partial charge < -0.3 is 30.3 Å². The van der Waals surface area contributed by atoms with Gasteiger partial charge in [0.05, 0.1) is 45.8 Å². The molecule has 0 bridgehead atoms. The summed E-state index contributed by atoms with van der Waals surface area (Å²) in [5, 5.41) is 10.2. The number of ether oxygens (including phenoxy) is 2. The van der Waals surface area contributed by atoms with E-state index in [9.17, 15) is 17.6 Å². The number of alkyl halides is 4. The molecule has 4 aliphatic rings. The molecule has 1 saturated carbocycles. The molecule has 3 aliphatic heterocycles. The molecule has 4 N–H and O–H groups in total. The number of benzene rings is 2. The molecule has 0 aromatic heterocycles. The third-order valence-electron chi connectivity index (χ3n) is 8.72. The van der Waals surface area contributed by atoms with E-state index in [0.29, 0.717) is 37.6 Å². The Hall–Kier alpha value is -2.85. The fourth-order valence-electron chi connectivity index (χ4n) is 6.50. The lowest BCUT2D eigenvalue weighted by molar-refractivity contribution is -0.120. The first-order valence-electron chi connectivity index (χ1n) is 16.0. The third-order valence-corrected chi connectivity index (χ3v) is 9.41. The van der Waals surface area contributed by atoms with Gasteiger partial charge in [-0.2, -0.15) is 13.2 Å². The van der Waals surface area contributed by atoms with Crippen molar-refractivity contribution < 1.29 is 27.0 Å². The van der Waals surface area contributed by atoms with E-state index in [1.165, 1.54) is 49.2 Å². The molecule has 0 radical (unpaired) electrons. The average Bonchev–Trinajstić information content (AvgIpc) is 3.78. The molecule has 12 heteroatoms. The van der Waals surface area contributed by atoms with Crippen molar-refractivity contribution in [2.24, 2.45) is 11.8 Å². The second-order valence-electron chi connectivity index (χ2n) is 11.8. The molecule has 2 aromatic rings. The van der Waals surface area contributed by atoms with Crippen molar-refractivity contribution in [2.75, 3.05) is 76.3 Å². The summed E-state index contributed by atoms with van der Waals surface area (Å²) < 4.78 is 63.7. The fraction of sp³-hybridized carbons (Fsp3) is 0.588. The van der Waals surface area contributed by atoms with Gasteiger partial charge in [0, 0.05) is 59.2 Å². The normalized spacial score (nSPS) is 21.9. The zero-order valence-corrected chi connectivity index (χ0v) is 27.8. The fourth-order valence-corrected chi connectivity index (χ4v) is 7.04. The Morgan fingerprint density at radius 1 is 1.04 bits per heavy atom. The predicted molar refractivity (Wildman–Crippen MR) is 180 cm³/mol. The summed E-state index contributed by atoms with van der Waals surface area (Å²) in [7, 11) is 3.95. The number of anilines is 3. The molecule has 254 valence electrons. The van der Waals surface area contributed by atoms with Gasteiger partial charge in [-0.05, 0) is 62.2 Å². The lowest BCUT2D eigenvalue weighted by Gasteiger charge is -2.26. The lowest BCUT2D eigenvalue weighted by atomic mass is 9.95. The van der Waals surface area contributed by atoms with Crippen LogP contribution in [0.1, 0.15) is 37.7 Å². The molecule has 3 atom stereocenters. The van der Waals surface area contributed by atoms with Crippen molar-refractivity contribution in [1.82, 2.24) is 10.0 Å². The highest BCUT2D eigenvalue weighted by Gasteiger charge is 2.39. The molecule has 0 amide bonds. The summed E-state index contributed by atoms with van der Waals surface area (Å²) in [6.07, 6.45) is 1.99. The molecule has 7 nitrogen and oxygen atoms in total. The molecule has 2 aromatic carbocycles. The van der Waals surface area contributed by atoms with Gasteiger partial charge >= 0.3 is 6.18 Å². The van der Waals surface area contributed by atoms with Crippen molar-refractivity contribution >= 4 is 29.0 Å². The summed E-state index contributed by atoms with van der Waals surface area (Å²) >= 11 is 1.48. The minimum Gasteiger partial charge on any atom is -0.495 e. The van der Waals surface area contributed by atoms with E-state index in [0.717, 1.165) is 59.7 Å². The van der Waals surface area contributed by atoms with E-state index < -0.39 is 18.8 Å². The van der Waals surface area contributed by atoms with Gasteiger partial charge in [0.1, 0.15) is 12.3 Å². The predicted octanol–water partition coefficient (Wildman–Crippen LogP) is 6.51. The first-order valence-corrected chi connectivity index (χ1v) is 16.8. The van der Waals surface area contributed by atoms with E-state index in [-0.39, 0.29) is 0 Å². The zero-order chi connectivity index (χ0) is 32.9. The van der Waals surface area contributed by atoms with Crippen LogP contribution in [0.25, 0.3) is 0 Å². The SMILES string of the molecule is C1NCC2COCC12.CF.CNSc1ccc(NCC#CC2Cc3c(NC4CCCCC4)cccc3N2CC(F)(F)F)c(OC)c1. The number of nitrogens with zero attached hydrogens (tertiary/aromatic N) is 1. The van der Waals surface area contributed by atoms with Crippen LogP contribution in [0.4, 0.5) is 34.6 Å². The highest BCUT2D eigenvalue weighted by Crippen LogP contribution is 2.39. The maximum atomic E-state index is 13.5. The number of nitrogens with one attached hydrogen (secondary N) is 4. The molecular formula is C34H47F4N5O2S. The van der Waals surface area contributed by atoms with E-state index >= 15 is 0 Å². The summed E-state index contributed by atoms with van der Waals surface area (Å²) in [5.74, 6) is 8.52. The molecule has 3 fully saturated rings. The Morgan fingerprint density at radius 3 is 2.46 bits per heavy atom. The lowest BCUT2D eigenvalue weighted by Crippen LogP contribution is -2.39. The van der Waals surface area contributed by atoms with Crippen LogP contribution < -0.4 is 30.3 Å². The second-order valence-corrected chi connectivity index (χ2v) is 12.9. The zero-order valence-electron chi connectivity index (χ0n) is 26.9. The number of hydrogen-bond donors (Lipinski definition) is 4. The van der Waals surface area contributed by atoms with Gasteiger partial charge in [0.2, 0.25) is 0 Å². The van der Waals surface area contributed by atoms with E-state index in [1.54, 1.807) is 13.2 Å². The van der Waals surface area contributed by atoms with Gasteiger partial charge in [0.15, 0.2) is 0 Å². The molecule has 0 spiro atoms. The molecule has 46 heavy (non-hydrogen) atoms. The van der Waals surface area contributed by atoms with Crippen LogP contribution in [-0.2, 0) is 11.2 Å². The number of fused-ring (bicyclic) bond motifs is 2. The molecule has 3 heterocycles. The van der Waals surface area contributed by atoms with Gasteiger partial charge in [0.25, 0.3) is 0 Å². The number of rotatable bonds is 8. The quantitative estimate of drug-likeness (QED) is 0.145. The van der Waals surface area contributed by atoms with Crippen LogP contribution in [0.3, 0.4) is 0 Å². The molecule has 3 unspecified atom stereocenters. The standard InChI is InChI=1S/C27H33F3N4OS.C6H11NO.CH3F/c1-31-36-21-13-14-24(26(17-21)35-2)32-15-7-10-20-16-22-23(33-19-8-4-3-5-9-19)11-6-12-25(22)34(20)18-27(28,29)30;1-5-3-8-4-6(5)2-7-1;1-2/h6,11-14,17,19-20,31-33H,3-5,8-9,15-16,18H2,1-2H3;5-7H,1-4H2;1H3. The molecule has 6 rings (SSSR count). The van der Waals surface area contributed by atoms with Crippen molar-refractivity contribution in [2.45, 2.75) is 61.7 Å². The van der Waals surface area contributed by atoms with Crippen molar-refractivity contribution in [1.29, 1.82) is 0 Å². The van der Waals surface area contributed by atoms with Crippen LogP contribution in [-0.4, -0.2) is 79.0 Å². The Bertz CT molecular complexity index is 1280. The monoisotopic (exact) mass is 665 g/mol. The highest BCUT2D eigenvalue weighted by atomic mass is 32.2. The molecule has 2 saturated heterocycles. The Labute approximate surface area is 275 Å². The van der Waals surface area contributed by atoms with Gasteiger partial charge in [-0.1, -0.05) is 37.2 Å². The van der Waals surface area contributed by atoms with Crippen molar-refractivity contribution in [3.8, 4) is 17.6 Å². The smallest absolute Gasteiger partial charge is 0.405 e. The maximum Gasteiger partial charge on any atom is 0.405 e. The number of methoxy groups -OCH3 is 1. The van der Waals surface area contributed by atoms with Crippen LogP contribution in [0, 0.1) is 23.7 Å². The molecule has 1 aliphatic carbocycles. The van der Waals surface area contributed by atoms with Crippen LogP contribution in [0.2, 0.25) is 0 Å². The minimum absolute atomic E-state index is 0.300. The highest BCUT2D eigenvalue weighted by molar-refractivity contribution is 7.97. The second kappa shape index (κ2) is 17.9. The topological polar surface area (TPSA) is 69.8 Å². The first kappa shape index (κ1) is 36.0. The Balaban J connectivity index is 0.000000408. The van der Waals surface area contributed by atoms with Crippen molar-refractivity contribution in [3.05, 3.63) is 42.0 Å². The minimum atomic E-state index is -4.31. The summed E-state index contributed by atoms with van der Waals surface area (Å²) in [6.45, 7) is 3.65. The van der Waals surface area contributed by atoms with Crippen molar-refractivity contribution in [3.63, 3.8) is 0 Å². The van der Waals surface area contributed by atoms with Gasteiger partial charge in [-0.25, -0.2) is 0 Å². The largest absolute Gasteiger partial charge is 0.495 e. The summed E-state index contributed by atoms with van der Waals surface area (Å²) in [6, 6.07) is 11.2. The third kappa shape index (κ3) is 10.1. The number of halogens is 4. The average molecular weight is 666 g/mol. The van der Waals surface area contributed by atoms with E-state index in [2.05, 4.69) is 32.5 Å². The van der Waals surface area contributed by atoms with Gasteiger partial charge in [-0.15, -0.1) is 0 Å². The van der Waals surface area contributed by atoms with Crippen LogP contribution in [0.5, 0.6) is 5.75 Å². The molecular weight excluding hydrogens is 618 g/mol. The Kier molecular flexibility index (Phi) is 14.0. The van der Waals surface area contributed by atoms with Gasteiger partial charge in [-0.3, -0.25) is 9.11 Å². The maximum absolute atomic E-state index is 13.5. The van der Waals surface area contributed by atoms with E-state index in [4.69, 9.17) is 9.47 Å². The van der Waals surface area contributed by atoms with Crippen LogP contribution >= 0.6 is 11.9 Å². The number of hydrogen-bond acceptors (Lipinski definition) is 8. The summed E-state index contributed by atoms with van der Waals surface area (Å²) in [4.78, 5) is 2.41. The first-order chi connectivity index (χ1) is 22.3. The summed E-state index contributed by atoms with van der Waals surface area (Å²) in [5.41, 5.74) is 3.28. The van der Waals surface area contributed by atoms with E-state index in [1.807, 2.05) is 37.4 Å².